The minimum absolute atomic E-state index is 0.0439. The van der Waals surface area contributed by atoms with Gasteiger partial charge >= 0.3 is 0 Å². The fraction of sp³-hybridized carbons (Fsp3) is 0.579. The topological polar surface area (TPSA) is 46.2 Å². The zero-order chi connectivity index (χ0) is 15.7. The Morgan fingerprint density at radius 3 is 2.32 bits per heavy atom. The first kappa shape index (κ1) is 15.3. The van der Waals surface area contributed by atoms with Crippen LogP contribution in [0.4, 0.5) is 0 Å². The third kappa shape index (κ3) is 3.76. The lowest BCUT2D eigenvalue weighted by atomic mass is 9.99. The highest BCUT2D eigenvalue weighted by molar-refractivity contribution is 5.99. The van der Waals surface area contributed by atoms with E-state index in [1.165, 1.54) is 25.7 Å². The van der Waals surface area contributed by atoms with Crippen LogP contribution < -0.4 is 5.32 Å². The highest BCUT2D eigenvalue weighted by atomic mass is 16.2. The maximum Gasteiger partial charge on any atom is 0.220 e. The van der Waals surface area contributed by atoms with Gasteiger partial charge in [0.15, 0.2) is 5.78 Å². The van der Waals surface area contributed by atoms with E-state index in [4.69, 9.17) is 0 Å². The lowest BCUT2D eigenvalue weighted by Crippen LogP contribution is -2.38. The molecule has 0 heterocycles. The van der Waals surface area contributed by atoms with Gasteiger partial charge in [-0.2, -0.15) is 0 Å². The predicted octanol–water partition coefficient (Wildman–Crippen LogP) is 3.57. The molecule has 0 unspecified atom stereocenters. The highest BCUT2D eigenvalue weighted by Crippen LogP contribution is 2.44. The number of benzene rings is 1. The van der Waals surface area contributed by atoms with Crippen molar-refractivity contribution in [3.8, 4) is 0 Å². The average molecular weight is 299 g/mol. The molecule has 1 amide bonds. The molecule has 3 heteroatoms. The van der Waals surface area contributed by atoms with Crippen LogP contribution in [0, 0.1) is 25.7 Å². The Balaban J connectivity index is 1.51. The normalized spacial score (nSPS) is 17.6. The van der Waals surface area contributed by atoms with Crippen LogP contribution in [-0.4, -0.2) is 17.7 Å². The minimum atomic E-state index is 0.0439. The Bertz CT molecular complexity index is 573. The zero-order valence-electron chi connectivity index (χ0n) is 13.5. The van der Waals surface area contributed by atoms with E-state index in [9.17, 15) is 9.59 Å². The molecule has 1 aromatic carbocycles. The van der Waals surface area contributed by atoms with Gasteiger partial charge in [-0.05, 0) is 63.0 Å². The van der Waals surface area contributed by atoms with Gasteiger partial charge in [-0.3, -0.25) is 9.59 Å². The Kier molecular flexibility index (Phi) is 4.32. The fourth-order valence-electron chi connectivity index (χ4n) is 3.19. The van der Waals surface area contributed by atoms with E-state index in [0.29, 0.717) is 30.7 Å². The number of hydrogen-bond acceptors (Lipinski definition) is 2. The number of ketones is 1. The van der Waals surface area contributed by atoms with Crippen LogP contribution in [0.2, 0.25) is 0 Å². The predicted molar refractivity (Wildman–Crippen MR) is 86.9 cm³/mol. The van der Waals surface area contributed by atoms with Crippen molar-refractivity contribution in [2.24, 2.45) is 11.8 Å². The second kappa shape index (κ2) is 6.23. The van der Waals surface area contributed by atoms with Gasteiger partial charge in [0.1, 0.15) is 0 Å². The maximum atomic E-state index is 12.3. The Labute approximate surface area is 132 Å². The zero-order valence-corrected chi connectivity index (χ0v) is 13.5. The molecule has 3 rings (SSSR count). The van der Waals surface area contributed by atoms with Crippen molar-refractivity contribution in [3.05, 3.63) is 34.9 Å². The summed E-state index contributed by atoms with van der Waals surface area (Å²) in [5.41, 5.74) is 2.83. The van der Waals surface area contributed by atoms with Crippen molar-refractivity contribution in [2.45, 2.75) is 58.4 Å². The first-order valence-corrected chi connectivity index (χ1v) is 8.44. The van der Waals surface area contributed by atoms with Crippen LogP contribution in [0.3, 0.4) is 0 Å². The molecule has 0 saturated heterocycles. The molecule has 22 heavy (non-hydrogen) atoms. The summed E-state index contributed by atoms with van der Waals surface area (Å²) >= 11 is 0. The molecule has 2 fully saturated rings. The van der Waals surface area contributed by atoms with E-state index in [1.807, 2.05) is 32.0 Å². The van der Waals surface area contributed by atoms with E-state index < -0.39 is 0 Å². The fourth-order valence-corrected chi connectivity index (χ4v) is 3.19. The van der Waals surface area contributed by atoms with Crippen LogP contribution in [0.1, 0.15) is 60.0 Å². The number of Topliss-reactive ketones (excluding diaryl/α,β-unsaturated/α-hetero) is 1. The molecule has 118 valence electrons. The smallest absolute Gasteiger partial charge is 0.220 e. The summed E-state index contributed by atoms with van der Waals surface area (Å²) in [6, 6.07) is 6.28. The SMILES string of the molecule is Cc1ccc(C)c(C(=O)CCC(=O)NC(C2CC2)C2CC2)c1. The third-order valence-electron chi connectivity index (χ3n) is 4.86. The van der Waals surface area contributed by atoms with Gasteiger partial charge in [0.2, 0.25) is 5.91 Å². The van der Waals surface area contributed by atoms with Crippen LogP contribution in [-0.2, 0) is 4.79 Å². The van der Waals surface area contributed by atoms with Crippen LogP contribution in [0.25, 0.3) is 0 Å². The summed E-state index contributed by atoms with van der Waals surface area (Å²) in [7, 11) is 0. The van der Waals surface area contributed by atoms with Crippen LogP contribution >= 0.6 is 0 Å². The van der Waals surface area contributed by atoms with Crippen molar-refractivity contribution in [2.75, 3.05) is 0 Å². The number of amides is 1. The first-order valence-electron chi connectivity index (χ1n) is 8.44. The third-order valence-corrected chi connectivity index (χ3v) is 4.86. The Hall–Kier alpha value is -1.64. The second-order valence-electron chi connectivity index (χ2n) is 7.01. The van der Waals surface area contributed by atoms with Crippen molar-refractivity contribution < 1.29 is 9.59 Å². The largest absolute Gasteiger partial charge is 0.353 e. The van der Waals surface area contributed by atoms with E-state index in [-0.39, 0.29) is 11.7 Å². The molecule has 0 bridgehead atoms. The number of aryl methyl sites for hydroxylation is 2. The first-order chi connectivity index (χ1) is 10.5. The number of nitrogens with one attached hydrogen (secondary N) is 1. The quantitative estimate of drug-likeness (QED) is 0.782. The van der Waals surface area contributed by atoms with Crippen molar-refractivity contribution in [3.63, 3.8) is 0 Å². The van der Waals surface area contributed by atoms with Crippen LogP contribution in [0.15, 0.2) is 18.2 Å². The molecule has 0 aromatic heterocycles. The highest BCUT2D eigenvalue weighted by Gasteiger charge is 2.42. The minimum Gasteiger partial charge on any atom is -0.353 e. The van der Waals surface area contributed by atoms with Gasteiger partial charge in [-0.25, -0.2) is 0 Å². The molecule has 2 aliphatic rings. The van der Waals surface area contributed by atoms with Crippen molar-refractivity contribution in [1.29, 1.82) is 0 Å². The molecule has 0 spiro atoms. The molecule has 0 radical (unpaired) electrons. The summed E-state index contributed by atoms with van der Waals surface area (Å²) in [5, 5.41) is 3.18. The standard InChI is InChI=1S/C19H25NO2/c1-12-3-4-13(2)16(11-12)17(21)9-10-18(22)20-19(14-5-6-14)15-7-8-15/h3-4,11,14-15,19H,5-10H2,1-2H3,(H,20,22). The average Bonchev–Trinajstić information content (AvgIpc) is 3.37. The molecule has 1 N–H and O–H groups in total. The summed E-state index contributed by atoms with van der Waals surface area (Å²) in [4.78, 5) is 24.5. The van der Waals surface area contributed by atoms with Crippen molar-refractivity contribution in [1.82, 2.24) is 5.32 Å². The Morgan fingerprint density at radius 2 is 1.73 bits per heavy atom. The Morgan fingerprint density at radius 1 is 1.09 bits per heavy atom. The molecular formula is C19H25NO2. The lowest BCUT2D eigenvalue weighted by molar-refractivity contribution is -0.122. The second-order valence-corrected chi connectivity index (χ2v) is 7.01. The van der Waals surface area contributed by atoms with Crippen molar-refractivity contribution >= 4 is 11.7 Å². The van der Waals surface area contributed by atoms with E-state index >= 15 is 0 Å². The number of rotatable bonds is 7. The maximum absolute atomic E-state index is 12.3. The number of carbonyl (C=O) groups is 2. The van der Waals surface area contributed by atoms with Gasteiger partial charge in [0.05, 0.1) is 0 Å². The summed E-state index contributed by atoms with van der Waals surface area (Å²) in [6.07, 6.45) is 5.62. The van der Waals surface area contributed by atoms with E-state index in [0.717, 1.165) is 16.7 Å². The molecule has 2 saturated carbocycles. The number of carbonyl (C=O) groups excluding carboxylic acids is 2. The summed E-state index contributed by atoms with van der Waals surface area (Å²) < 4.78 is 0. The van der Waals surface area contributed by atoms with Gasteiger partial charge in [-0.15, -0.1) is 0 Å². The molecular weight excluding hydrogens is 274 g/mol. The molecule has 0 aliphatic heterocycles. The summed E-state index contributed by atoms with van der Waals surface area (Å²) in [6.45, 7) is 3.93. The monoisotopic (exact) mass is 299 g/mol. The van der Waals surface area contributed by atoms with E-state index in [2.05, 4.69) is 5.32 Å². The summed E-state index contributed by atoms with van der Waals surface area (Å²) in [5.74, 6) is 1.52. The van der Waals surface area contributed by atoms with Gasteiger partial charge in [-0.1, -0.05) is 17.7 Å². The van der Waals surface area contributed by atoms with Gasteiger partial charge in [0.25, 0.3) is 0 Å². The van der Waals surface area contributed by atoms with Gasteiger partial charge in [0, 0.05) is 24.4 Å². The lowest BCUT2D eigenvalue weighted by Gasteiger charge is -2.17. The van der Waals surface area contributed by atoms with Gasteiger partial charge < -0.3 is 5.32 Å². The molecule has 2 aliphatic carbocycles. The van der Waals surface area contributed by atoms with E-state index in [1.54, 1.807) is 0 Å². The molecule has 1 aromatic rings. The van der Waals surface area contributed by atoms with Crippen LogP contribution in [0.5, 0.6) is 0 Å². The molecule has 3 nitrogen and oxygen atoms in total. The number of hydrogen-bond donors (Lipinski definition) is 1. The molecule has 0 atom stereocenters.